The van der Waals surface area contributed by atoms with E-state index in [2.05, 4.69) is 10.1 Å². The van der Waals surface area contributed by atoms with E-state index in [0.29, 0.717) is 23.6 Å². The Morgan fingerprint density at radius 3 is 2.32 bits per heavy atom. The zero-order valence-corrected chi connectivity index (χ0v) is 12.3. The lowest BCUT2D eigenvalue weighted by Crippen LogP contribution is -2.12. The van der Waals surface area contributed by atoms with Crippen molar-refractivity contribution in [3.05, 3.63) is 59.1 Å². The number of rotatable bonds is 6. The van der Waals surface area contributed by atoms with Crippen LogP contribution in [0.25, 0.3) is 0 Å². The van der Waals surface area contributed by atoms with Crippen molar-refractivity contribution < 1.29 is 18.3 Å². The van der Waals surface area contributed by atoms with Crippen LogP contribution in [0.4, 0.5) is 14.5 Å². The molecule has 6 heteroatoms. The van der Waals surface area contributed by atoms with Crippen molar-refractivity contribution in [3.8, 4) is 5.75 Å². The van der Waals surface area contributed by atoms with Gasteiger partial charge in [-0.05, 0) is 48.4 Å². The lowest BCUT2D eigenvalue weighted by atomic mass is 10.1. The number of nitrogens with one attached hydrogen (secondary N) is 1. The zero-order chi connectivity index (χ0) is 15.9. The Balaban J connectivity index is 1.82. The molecule has 0 aliphatic carbocycles. The van der Waals surface area contributed by atoms with Gasteiger partial charge in [-0.25, -0.2) is 0 Å². The van der Waals surface area contributed by atoms with E-state index in [1.165, 1.54) is 24.3 Å². The largest absolute Gasteiger partial charge is 0.435 e. The molecule has 0 bridgehead atoms. The molecule has 0 aliphatic heterocycles. The van der Waals surface area contributed by atoms with Crippen molar-refractivity contribution in [2.45, 2.75) is 19.5 Å². The predicted molar refractivity (Wildman–Crippen MR) is 81.5 cm³/mol. The number of anilines is 1. The van der Waals surface area contributed by atoms with Crippen LogP contribution in [-0.2, 0) is 11.2 Å². The molecule has 0 atom stereocenters. The second-order valence-corrected chi connectivity index (χ2v) is 5.01. The molecule has 0 spiro atoms. The normalized spacial score (nSPS) is 10.5. The van der Waals surface area contributed by atoms with Gasteiger partial charge >= 0.3 is 6.61 Å². The molecule has 0 saturated carbocycles. The summed E-state index contributed by atoms with van der Waals surface area (Å²) in [6, 6.07) is 13.1. The summed E-state index contributed by atoms with van der Waals surface area (Å²) < 4.78 is 28.3. The molecular weight excluding hydrogens is 312 g/mol. The third-order valence-corrected chi connectivity index (χ3v) is 3.17. The zero-order valence-electron chi connectivity index (χ0n) is 11.6. The first kappa shape index (κ1) is 16.2. The molecule has 1 amide bonds. The van der Waals surface area contributed by atoms with E-state index in [4.69, 9.17) is 11.6 Å². The molecule has 0 unspecified atom stereocenters. The molecule has 2 aromatic carbocycles. The Kier molecular flexibility index (Phi) is 5.72. The number of hydrogen-bond donors (Lipinski definition) is 1. The molecule has 22 heavy (non-hydrogen) atoms. The summed E-state index contributed by atoms with van der Waals surface area (Å²) in [6.45, 7) is -2.86. The van der Waals surface area contributed by atoms with Gasteiger partial charge < -0.3 is 10.1 Å². The molecule has 0 saturated heterocycles. The van der Waals surface area contributed by atoms with E-state index in [-0.39, 0.29) is 11.7 Å². The SMILES string of the molecule is O=C(CCc1ccc(Cl)cc1)Nc1ccc(OC(F)F)cc1. The highest BCUT2D eigenvalue weighted by Crippen LogP contribution is 2.18. The summed E-state index contributed by atoms with van der Waals surface area (Å²) in [5.74, 6) is -0.105. The van der Waals surface area contributed by atoms with Gasteiger partial charge in [0, 0.05) is 17.1 Å². The highest BCUT2D eigenvalue weighted by Gasteiger charge is 2.06. The minimum atomic E-state index is -2.86. The summed E-state index contributed by atoms with van der Waals surface area (Å²) >= 11 is 5.79. The average molecular weight is 326 g/mol. The first-order valence-corrected chi connectivity index (χ1v) is 7.00. The minimum absolute atomic E-state index is 0.0502. The lowest BCUT2D eigenvalue weighted by molar-refractivity contribution is -0.116. The van der Waals surface area contributed by atoms with Gasteiger partial charge in [0.2, 0.25) is 5.91 Å². The fourth-order valence-corrected chi connectivity index (χ4v) is 1.98. The molecule has 116 valence electrons. The molecule has 2 rings (SSSR count). The highest BCUT2D eigenvalue weighted by molar-refractivity contribution is 6.30. The first-order chi connectivity index (χ1) is 10.5. The molecular formula is C16H14ClF2NO2. The van der Waals surface area contributed by atoms with Crippen LogP contribution in [0.15, 0.2) is 48.5 Å². The van der Waals surface area contributed by atoms with E-state index in [9.17, 15) is 13.6 Å². The summed E-state index contributed by atoms with van der Waals surface area (Å²) in [6.07, 6.45) is 0.909. The van der Waals surface area contributed by atoms with Gasteiger partial charge in [-0.15, -0.1) is 0 Å². The Labute approximate surface area is 131 Å². The predicted octanol–water partition coefficient (Wildman–Crippen LogP) is 4.51. The quantitative estimate of drug-likeness (QED) is 0.848. The fraction of sp³-hybridized carbons (Fsp3) is 0.188. The number of halogens is 3. The van der Waals surface area contributed by atoms with Crippen LogP contribution in [0.2, 0.25) is 5.02 Å². The maximum Gasteiger partial charge on any atom is 0.387 e. The van der Waals surface area contributed by atoms with Crippen molar-refractivity contribution in [1.29, 1.82) is 0 Å². The number of ether oxygens (including phenoxy) is 1. The van der Waals surface area contributed by atoms with Gasteiger partial charge in [-0.3, -0.25) is 4.79 Å². The smallest absolute Gasteiger partial charge is 0.387 e. The molecule has 0 radical (unpaired) electrons. The van der Waals surface area contributed by atoms with Crippen LogP contribution < -0.4 is 10.1 Å². The number of amides is 1. The van der Waals surface area contributed by atoms with Gasteiger partial charge in [0.05, 0.1) is 0 Å². The fourth-order valence-electron chi connectivity index (χ4n) is 1.85. The number of benzene rings is 2. The maximum absolute atomic E-state index is 12.0. The highest BCUT2D eigenvalue weighted by atomic mass is 35.5. The van der Waals surface area contributed by atoms with E-state index >= 15 is 0 Å². The summed E-state index contributed by atoms with van der Waals surface area (Å²) in [5.41, 5.74) is 1.54. The second-order valence-electron chi connectivity index (χ2n) is 4.58. The van der Waals surface area contributed by atoms with Gasteiger partial charge in [-0.2, -0.15) is 8.78 Å². The van der Waals surface area contributed by atoms with Crippen LogP contribution in [-0.4, -0.2) is 12.5 Å². The average Bonchev–Trinajstić information content (AvgIpc) is 2.48. The number of aryl methyl sites for hydroxylation is 1. The van der Waals surface area contributed by atoms with E-state index in [1.807, 2.05) is 12.1 Å². The Bertz CT molecular complexity index is 615. The van der Waals surface area contributed by atoms with Gasteiger partial charge in [0.15, 0.2) is 0 Å². The van der Waals surface area contributed by atoms with Crippen LogP contribution >= 0.6 is 11.6 Å². The number of carbonyl (C=O) groups excluding carboxylic acids is 1. The van der Waals surface area contributed by atoms with E-state index < -0.39 is 6.61 Å². The van der Waals surface area contributed by atoms with Crippen molar-refractivity contribution in [3.63, 3.8) is 0 Å². The third-order valence-electron chi connectivity index (χ3n) is 2.92. The first-order valence-electron chi connectivity index (χ1n) is 6.62. The lowest BCUT2D eigenvalue weighted by Gasteiger charge is -2.07. The summed E-state index contributed by atoms with van der Waals surface area (Å²) in [5, 5.41) is 3.35. The minimum Gasteiger partial charge on any atom is -0.435 e. The van der Waals surface area contributed by atoms with Crippen LogP contribution in [0.3, 0.4) is 0 Å². The van der Waals surface area contributed by atoms with Crippen molar-refractivity contribution >= 4 is 23.2 Å². The maximum atomic E-state index is 12.0. The van der Waals surface area contributed by atoms with E-state index in [1.54, 1.807) is 12.1 Å². The van der Waals surface area contributed by atoms with Crippen LogP contribution in [0.5, 0.6) is 5.75 Å². The molecule has 1 N–H and O–H groups in total. The van der Waals surface area contributed by atoms with Crippen LogP contribution in [0, 0.1) is 0 Å². The second kappa shape index (κ2) is 7.75. The van der Waals surface area contributed by atoms with Crippen molar-refractivity contribution in [1.82, 2.24) is 0 Å². The van der Waals surface area contributed by atoms with Gasteiger partial charge in [-0.1, -0.05) is 23.7 Å². The Morgan fingerprint density at radius 1 is 1.09 bits per heavy atom. The Hall–Kier alpha value is -2.14. The van der Waals surface area contributed by atoms with Crippen molar-refractivity contribution in [2.75, 3.05) is 5.32 Å². The monoisotopic (exact) mass is 325 g/mol. The summed E-state index contributed by atoms with van der Waals surface area (Å²) in [4.78, 5) is 11.8. The molecule has 2 aromatic rings. The molecule has 0 heterocycles. The van der Waals surface area contributed by atoms with Crippen LogP contribution in [0.1, 0.15) is 12.0 Å². The van der Waals surface area contributed by atoms with Crippen molar-refractivity contribution in [2.24, 2.45) is 0 Å². The molecule has 0 aliphatic rings. The van der Waals surface area contributed by atoms with E-state index in [0.717, 1.165) is 5.56 Å². The number of carbonyl (C=O) groups is 1. The standard InChI is InChI=1S/C16H14ClF2NO2/c17-12-4-1-11(2-5-12)3-10-15(21)20-13-6-8-14(9-7-13)22-16(18)19/h1-2,4-9,16H,3,10H2,(H,20,21). The van der Waals surface area contributed by atoms with Gasteiger partial charge in [0.1, 0.15) is 5.75 Å². The molecule has 0 aromatic heterocycles. The topological polar surface area (TPSA) is 38.3 Å². The third kappa shape index (κ3) is 5.33. The Morgan fingerprint density at radius 2 is 1.73 bits per heavy atom. The summed E-state index contributed by atoms with van der Waals surface area (Å²) in [7, 11) is 0. The number of hydrogen-bond acceptors (Lipinski definition) is 2. The molecule has 3 nitrogen and oxygen atoms in total. The molecule has 0 fully saturated rings. The number of alkyl halides is 2. The van der Waals surface area contributed by atoms with Gasteiger partial charge in [0.25, 0.3) is 0 Å².